The standard InChI is InChI=1S/C17H18FN7O2/c1-10(15-23-14(24-27-15)11-5-4-6-12(18)7-11)21-17(26)22-13-8-19-16(20-9-13)25(2)3/h4-10H,1-3H3,(H2,21,22,26). The van der Waals surface area contributed by atoms with Crippen LogP contribution in [0.25, 0.3) is 11.4 Å². The van der Waals surface area contributed by atoms with Crippen LogP contribution < -0.4 is 15.5 Å². The largest absolute Gasteiger partial charge is 0.347 e. The van der Waals surface area contributed by atoms with Gasteiger partial charge in [0.15, 0.2) is 0 Å². The summed E-state index contributed by atoms with van der Waals surface area (Å²) in [6, 6.07) is 4.82. The van der Waals surface area contributed by atoms with Crippen LogP contribution in [0.15, 0.2) is 41.2 Å². The summed E-state index contributed by atoms with van der Waals surface area (Å²) in [6.45, 7) is 1.69. The van der Waals surface area contributed by atoms with Crippen molar-refractivity contribution in [1.82, 2.24) is 25.4 Å². The molecule has 10 heteroatoms. The third-order valence-electron chi connectivity index (χ3n) is 3.54. The van der Waals surface area contributed by atoms with Gasteiger partial charge >= 0.3 is 6.03 Å². The number of halogens is 1. The molecule has 0 radical (unpaired) electrons. The second-order valence-corrected chi connectivity index (χ2v) is 5.95. The fourth-order valence-corrected chi connectivity index (χ4v) is 2.20. The minimum atomic E-state index is -0.554. The van der Waals surface area contributed by atoms with Gasteiger partial charge < -0.3 is 20.1 Å². The molecule has 0 saturated carbocycles. The summed E-state index contributed by atoms with van der Waals surface area (Å²) in [5, 5.41) is 9.11. The third-order valence-corrected chi connectivity index (χ3v) is 3.54. The summed E-state index contributed by atoms with van der Waals surface area (Å²) in [4.78, 5) is 26.3. The van der Waals surface area contributed by atoms with E-state index < -0.39 is 17.9 Å². The van der Waals surface area contributed by atoms with Crippen molar-refractivity contribution < 1.29 is 13.7 Å². The van der Waals surface area contributed by atoms with E-state index in [0.29, 0.717) is 17.2 Å². The topological polar surface area (TPSA) is 109 Å². The Morgan fingerprint density at radius 2 is 2.00 bits per heavy atom. The Hall–Kier alpha value is -3.56. The number of carbonyl (C=O) groups is 1. The van der Waals surface area contributed by atoms with Crippen LogP contribution in [0, 0.1) is 5.82 Å². The third kappa shape index (κ3) is 4.54. The van der Waals surface area contributed by atoms with Crippen LogP contribution in [0.1, 0.15) is 18.9 Å². The summed E-state index contributed by atoms with van der Waals surface area (Å²) in [7, 11) is 3.64. The van der Waals surface area contributed by atoms with Gasteiger partial charge in [-0.05, 0) is 19.1 Å². The molecule has 0 aliphatic heterocycles. The highest BCUT2D eigenvalue weighted by molar-refractivity contribution is 5.89. The van der Waals surface area contributed by atoms with Crippen molar-refractivity contribution >= 4 is 17.7 Å². The number of anilines is 2. The number of aromatic nitrogens is 4. The predicted octanol–water partition coefficient (Wildman–Crippen LogP) is 2.61. The smallest absolute Gasteiger partial charge is 0.319 e. The highest BCUT2D eigenvalue weighted by atomic mass is 19.1. The SMILES string of the molecule is CC(NC(=O)Nc1cnc(N(C)C)nc1)c1nc(-c2cccc(F)c2)no1. The molecule has 1 aromatic carbocycles. The fourth-order valence-electron chi connectivity index (χ4n) is 2.20. The zero-order valence-electron chi connectivity index (χ0n) is 15.0. The molecule has 2 N–H and O–H groups in total. The minimum absolute atomic E-state index is 0.198. The van der Waals surface area contributed by atoms with E-state index in [1.54, 1.807) is 24.0 Å². The molecule has 0 bridgehead atoms. The van der Waals surface area contributed by atoms with Crippen molar-refractivity contribution in [2.24, 2.45) is 0 Å². The number of benzene rings is 1. The fraction of sp³-hybridized carbons (Fsp3) is 0.235. The van der Waals surface area contributed by atoms with Gasteiger partial charge in [0.1, 0.15) is 11.9 Å². The number of hydrogen-bond donors (Lipinski definition) is 2. The maximum Gasteiger partial charge on any atom is 0.319 e. The molecule has 3 aromatic rings. The second kappa shape index (κ2) is 7.77. The van der Waals surface area contributed by atoms with E-state index in [-0.39, 0.29) is 11.7 Å². The van der Waals surface area contributed by atoms with E-state index in [1.807, 2.05) is 14.1 Å². The van der Waals surface area contributed by atoms with E-state index in [4.69, 9.17) is 4.52 Å². The summed E-state index contributed by atoms with van der Waals surface area (Å²) < 4.78 is 18.5. The van der Waals surface area contributed by atoms with Gasteiger partial charge in [-0.1, -0.05) is 17.3 Å². The molecule has 1 atom stereocenters. The highest BCUT2D eigenvalue weighted by Gasteiger charge is 2.18. The van der Waals surface area contributed by atoms with Gasteiger partial charge in [0.05, 0.1) is 18.1 Å². The Morgan fingerprint density at radius 3 is 2.67 bits per heavy atom. The van der Waals surface area contributed by atoms with Crippen molar-refractivity contribution in [3.8, 4) is 11.4 Å². The minimum Gasteiger partial charge on any atom is -0.347 e. The van der Waals surface area contributed by atoms with Crippen LogP contribution in [-0.2, 0) is 0 Å². The summed E-state index contributed by atoms with van der Waals surface area (Å²) in [5.41, 5.74) is 0.927. The first-order valence-corrected chi connectivity index (χ1v) is 8.09. The Balaban J connectivity index is 1.61. The van der Waals surface area contributed by atoms with Crippen LogP contribution in [0.4, 0.5) is 20.8 Å². The van der Waals surface area contributed by atoms with E-state index in [9.17, 15) is 9.18 Å². The molecule has 0 fully saturated rings. The number of nitrogens with zero attached hydrogens (tertiary/aromatic N) is 5. The molecular weight excluding hydrogens is 353 g/mol. The lowest BCUT2D eigenvalue weighted by molar-refractivity contribution is 0.245. The zero-order valence-corrected chi connectivity index (χ0v) is 15.0. The Kier molecular flexibility index (Phi) is 5.25. The van der Waals surface area contributed by atoms with E-state index >= 15 is 0 Å². The van der Waals surface area contributed by atoms with Crippen LogP contribution in [0.3, 0.4) is 0 Å². The molecule has 1 unspecified atom stereocenters. The van der Waals surface area contributed by atoms with E-state index in [1.165, 1.54) is 24.5 Å². The molecule has 2 amide bonds. The number of hydrogen-bond acceptors (Lipinski definition) is 7. The number of rotatable bonds is 5. The lowest BCUT2D eigenvalue weighted by atomic mass is 10.2. The molecule has 140 valence electrons. The monoisotopic (exact) mass is 371 g/mol. The lowest BCUT2D eigenvalue weighted by Gasteiger charge is -2.12. The van der Waals surface area contributed by atoms with Gasteiger partial charge in [0.25, 0.3) is 0 Å². The maximum atomic E-state index is 13.3. The Bertz CT molecular complexity index is 927. The van der Waals surface area contributed by atoms with Gasteiger partial charge in [0, 0.05) is 19.7 Å². The molecule has 0 spiro atoms. The van der Waals surface area contributed by atoms with Crippen LogP contribution in [0.5, 0.6) is 0 Å². The molecular formula is C17H18FN7O2. The number of nitrogens with one attached hydrogen (secondary N) is 2. The van der Waals surface area contributed by atoms with E-state index in [0.717, 1.165) is 0 Å². The number of carbonyl (C=O) groups excluding carboxylic acids is 1. The van der Waals surface area contributed by atoms with Gasteiger partial charge in [-0.3, -0.25) is 0 Å². The van der Waals surface area contributed by atoms with Crippen molar-refractivity contribution in [3.05, 3.63) is 48.4 Å². The van der Waals surface area contributed by atoms with Crippen LogP contribution in [-0.4, -0.2) is 40.2 Å². The normalized spacial score (nSPS) is 11.7. The van der Waals surface area contributed by atoms with Crippen molar-refractivity contribution in [3.63, 3.8) is 0 Å². The molecule has 0 saturated heterocycles. The molecule has 2 heterocycles. The second-order valence-electron chi connectivity index (χ2n) is 5.95. The van der Waals surface area contributed by atoms with E-state index in [2.05, 4.69) is 30.7 Å². The molecule has 27 heavy (non-hydrogen) atoms. The highest BCUT2D eigenvalue weighted by Crippen LogP contribution is 2.19. The van der Waals surface area contributed by atoms with Gasteiger partial charge in [-0.25, -0.2) is 19.2 Å². The molecule has 9 nitrogen and oxygen atoms in total. The summed E-state index contributed by atoms with van der Waals surface area (Å²) >= 11 is 0. The molecule has 2 aromatic heterocycles. The average molecular weight is 371 g/mol. The van der Waals surface area contributed by atoms with Gasteiger partial charge in [0.2, 0.25) is 17.7 Å². The molecule has 3 rings (SSSR count). The quantitative estimate of drug-likeness (QED) is 0.709. The first-order chi connectivity index (χ1) is 12.9. The molecule has 0 aliphatic carbocycles. The Morgan fingerprint density at radius 1 is 1.26 bits per heavy atom. The summed E-state index contributed by atoms with van der Waals surface area (Å²) in [6.07, 6.45) is 3.00. The lowest BCUT2D eigenvalue weighted by Crippen LogP contribution is -2.31. The average Bonchev–Trinajstić information content (AvgIpc) is 3.12. The predicted molar refractivity (Wildman–Crippen MR) is 96.6 cm³/mol. The summed E-state index contributed by atoms with van der Waals surface area (Å²) in [5.74, 6) is 0.576. The zero-order chi connectivity index (χ0) is 19.4. The van der Waals surface area contributed by atoms with Crippen molar-refractivity contribution in [1.29, 1.82) is 0 Å². The first kappa shape index (κ1) is 18.2. The van der Waals surface area contributed by atoms with Crippen molar-refractivity contribution in [2.45, 2.75) is 13.0 Å². The Labute approximate surface area is 154 Å². The first-order valence-electron chi connectivity index (χ1n) is 8.09. The number of urea groups is 1. The van der Waals surface area contributed by atoms with Crippen LogP contribution in [0.2, 0.25) is 0 Å². The van der Waals surface area contributed by atoms with Crippen LogP contribution >= 0.6 is 0 Å². The maximum absolute atomic E-state index is 13.3. The number of amides is 2. The molecule has 0 aliphatic rings. The van der Waals surface area contributed by atoms with Crippen molar-refractivity contribution in [2.75, 3.05) is 24.3 Å². The van der Waals surface area contributed by atoms with Gasteiger partial charge in [-0.15, -0.1) is 0 Å². The van der Waals surface area contributed by atoms with Gasteiger partial charge in [-0.2, -0.15) is 4.98 Å².